The predicted molar refractivity (Wildman–Crippen MR) is 93.2 cm³/mol. The normalized spacial score (nSPS) is 58.5. The van der Waals surface area contributed by atoms with Crippen molar-refractivity contribution in [3.8, 4) is 0 Å². The zero-order chi connectivity index (χ0) is 17.3. The number of fused-ring (bicyclic) bond motifs is 5. The van der Waals surface area contributed by atoms with Crippen LogP contribution in [0.25, 0.3) is 0 Å². The van der Waals surface area contributed by atoms with E-state index in [0.717, 1.165) is 19.3 Å². The molecule has 2 nitrogen and oxygen atoms in total. The van der Waals surface area contributed by atoms with E-state index >= 15 is 4.39 Å². The first-order valence-corrected chi connectivity index (χ1v) is 10.3. The molecule has 0 bridgehead atoms. The van der Waals surface area contributed by atoms with E-state index in [4.69, 9.17) is 0 Å². The van der Waals surface area contributed by atoms with E-state index in [1.807, 2.05) is 13.8 Å². The lowest BCUT2D eigenvalue weighted by Crippen LogP contribution is -2.54. The maximum absolute atomic E-state index is 15.1. The Morgan fingerprint density at radius 1 is 0.958 bits per heavy atom. The molecule has 24 heavy (non-hydrogen) atoms. The van der Waals surface area contributed by atoms with Crippen molar-refractivity contribution in [1.82, 2.24) is 0 Å². The molecule has 0 radical (unpaired) electrons. The number of aliphatic hydroxyl groups excluding tert-OH is 1. The Kier molecular flexibility index (Phi) is 4.08. The molecule has 0 heterocycles. The first-order valence-electron chi connectivity index (χ1n) is 10.3. The fourth-order valence-electron chi connectivity index (χ4n) is 7.84. The Bertz CT molecular complexity index is 490. The molecular formula is C21H35FO2. The topological polar surface area (TPSA) is 40.5 Å². The van der Waals surface area contributed by atoms with E-state index in [0.29, 0.717) is 42.4 Å². The Hall–Kier alpha value is -0.150. The zero-order valence-corrected chi connectivity index (χ0v) is 15.5. The largest absolute Gasteiger partial charge is 0.393 e. The smallest absolute Gasteiger partial charge is 0.104 e. The van der Waals surface area contributed by atoms with Gasteiger partial charge in [0.15, 0.2) is 0 Å². The van der Waals surface area contributed by atoms with Gasteiger partial charge < -0.3 is 10.2 Å². The van der Waals surface area contributed by atoms with Gasteiger partial charge in [0.05, 0.1) is 11.7 Å². The summed E-state index contributed by atoms with van der Waals surface area (Å²) in [6, 6.07) is 0. The standard InChI is InChI=1S/C21H35FO2/c1-12(23)17-4-5-18-15-10-19(22)16-11-20(2,24)8-6-14(16)13(15)7-9-21(17,18)3/h12-19,23-24H,4-11H2,1-3H3/t12-,13-,14-,15-,16-,17-,18+,19-,20-,21-/m1/s1. The van der Waals surface area contributed by atoms with Crippen LogP contribution >= 0.6 is 0 Å². The number of aliphatic hydroxyl groups is 2. The number of alkyl halides is 1. The minimum atomic E-state index is -0.740. The summed E-state index contributed by atoms with van der Waals surface area (Å²) in [5, 5.41) is 20.7. The van der Waals surface area contributed by atoms with Crippen LogP contribution in [0.1, 0.15) is 72.1 Å². The minimum Gasteiger partial charge on any atom is -0.393 e. The average Bonchev–Trinajstić information content (AvgIpc) is 2.85. The van der Waals surface area contributed by atoms with Crippen molar-refractivity contribution in [2.45, 2.75) is 90.0 Å². The zero-order valence-electron chi connectivity index (χ0n) is 15.5. The van der Waals surface area contributed by atoms with Crippen LogP contribution in [-0.4, -0.2) is 28.1 Å². The molecular weight excluding hydrogens is 303 g/mol. The molecule has 0 aliphatic heterocycles. The maximum Gasteiger partial charge on any atom is 0.104 e. The molecule has 4 aliphatic rings. The van der Waals surface area contributed by atoms with Crippen molar-refractivity contribution in [2.24, 2.45) is 40.9 Å². The predicted octanol–water partition coefficient (Wildman–Crippen LogP) is 4.34. The van der Waals surface area contributed by atoms with Gasteiger partial charge in [-0.2, -0.15) is 0 Å². The quantitative estimate of drug-likeness (QED) is 0.747. The average molecular weight is 339 g/mol. The summed E-state index contributed by atoms with van der Waals surface area (Å²) in [4.78, 5) is 0. The molecule has 0 aromatic heterocycles. The van der Waals surface area contributed by atoms with Crippen LogP contribution in [0.2, 0.25) is 0 Å². The molecule has 4 saturated carbocycles. The van der Waals surface area contributed by atoms with E-state index in [9.17, 15) is 10.2 Å². The van der Waals surface area contributed by atoms with Gasteiger partial charge in [-0.15, -0.1) is 0 Å². The van der Waals surface area contributed by atoms with E-state index < -0.39 is 11.8 Å². The van der Waals surface area contributed by atoms with Crippen LogP contribution in [-0.2, 0) is 0 Å². The lowest BCUT2D eigenvalue weighted by molar-refractivity contribution is -0.131. The number of hydrogen-bond acceptors (Lipinski definition) is 2. The van der Waals surface area contributed by atoms with Gasteiger partial charge in [-0.05, 0) is 106 Å². The van der Waals surface area contributed by atoms with Gasteiger partial charge in [-0.25, -0.2) is 4.39 Å². The molecule has 0 aromatic rings. The molecule has 10 atom stereocenters. The van der Waals surface area contributed by atoms with Crippen molar-refractivity contribution in [3.05, 3.63) is 0 Å². The van der Waals surface area contributed by atoms with Crippen molar-refractivity contribution >= 4 is 0 Å². The molecule has 3 heteroatoms. The Morgan fingerprint density at radius 2 is 1.62 bits per heavy atom. The van der Waals surface area contributed by atoms with Crippen LogP contribution in [0, 0.1) is 40.9 Å². The number of halogens is 1. The van der Waals surface area contributed by atoms with Crippen molar-refractivity contribution in [2.75, 3.05) is 0 Å². The second-order valence-corrected chi connectivity index (χ2v) is 10.2. The van der Waals surface area contributed by atoms with Gasteiger partial charge >= 0.3 is 0 Å². The van der Waals surface area contributed by atoms with E-state index in [2.05, 4.69) is 6.92 Å². The fraction of sp³-hybridized carbons (Fsp3) is 1.00. The Labute approximate surface area is 146 Å². The summed E-state index contributed by atoms with van der Waals surface area (Å²) < 4.78 is 15.1. The second kappa shape index (κ2) is 5.67. The van der Waals surface area contributed by atoms with Gasteiger partial charge in [0.2, 0.25) is 0 Å². The summed E-state index contributed by atoms with van der Waals surface area (Å²) in [5.41, 5.74) is -0.450. The maximum atomic E-state index is 15.1. The third kappa shape index (κ3) is 2.48. The molecule has 0 saturated heterocycles. The van der Waals surface area contributed by atoms with Crippen LogP contribution in [0.5, 0.6) is 0 Å². The summed E-state index contributed by atoms with van der Waals surface area (Å²) in [7, 11) is 0. The van der Waals surface area contributed by atoms with Crippen molar-refractivity contribution < 1.29 is 14.6 Å². The first-order chi connectivity index (χ1) is 11.2. The highest BCUT2D eigenvalue weighted by molar-refractivity contribution is 5.09. The highest BCUT2D eigenvalue weighted by Gasteiger charge is 2.59. The number of hydrogen-bond donors (Lipinski definition) is 2. The highest BCUT2D eigenvalue weighted by Crippen LogP contribution is 2.65. The van der Waals surface area contributed by atoms with E-state index in [1.165, 1.54) is 19.3 Å². The lowest BCUT2D eigenvalue weighted by atomic mass is 9.48. The fourth-order valence-corrected chi connectivity index (χ4v) is 7.84. The van der Waals surface area contributed by atoms with Gasteiger partial charge in [-0.1, -0.05) is 6.92 Å². The first kappa shape index (κ1) is 17.3. The van der Waals surface area contributed by atoms with Gasteiger partial charge in [0.1, 0.15) is 6.17 Å². The Morgan fingerprint density at radius 3 is 2.33 bits per heavy atom. The molecule has 4 rings (SSSR count). The second-order valence-electron chi connectivity index (χ2n) is 10.2. The third-order valence-corrected chi connectivity index (χ3v) is 8.90. The summed E-state index contributed by atoms with van der Waals surface area (Å²) in [6.07, 6.45) is 6.91. The third-order valence-electron chi connectivity index (χ3n) is 8.90. The van der Waals surface area contributed by atoms with E-state index in [-0.39, 0.29) is 17.4 Å². The van der Waals surface area contributed by atoms with Gasteiger partial charge in [0, 0.05) is 0 Å². The van der Waals surface area contributed by atoms with E-state index in [1.54, 1.807) is 0 Å². The molecule has 4 fully saturated rings. The molecule has 0 amide bonds. The van der Waals surface area contributed by atoms with Crippen molar-refractivity contribution in [3.63, 3.8) is 0 Å². The minimum absolute atomic E-state index is 0.0771. The molecule has 138 valence electrons. The molecule has 4 aliphatic carbocycles. The molecule has 0 unspecified atom stereocenters. The van der Waals surface area contributed by atoms with Crippen LogP contribution in [0.15, 0.2) is 0 Å². The monoisotopic (exact) mass is 338 g/mol. The summed E-state index contributed by atoms with van der Waals surface area (Å²) in [6.45, 7) is 6.22. The van der Waals surface area contributed by atoms with Gasteiger partial charge in [0.25, 0.3) is 0 Å². The van der Waals surface area contributed by atoms with Gasteiger partial charge in [-0.3, -0.25) is 0 Å². The molecule has 0 spiro atoms. The van der Waals surface area contributed by atoms with Crippen LogP contribution in [0.3, 0.4) is 0 Å². The SMILES string of the molecule is C[C@@H](O)[C@H]1CC[C@H]2[C@@H]3C[C@@H](F)[C@@H]4C[C@](C)(O)CC[C@@H]4[C@H]3CC[C@]12C. The summed E-state index contributed by atoms with van der Waals surface area (Å²) >= 11 is 0. The van der Waals surface area contributed by atoms with Crippen molar-refractivity contribution in [1.29, 1.82) is 0 Å². The molecule has 2 N–H and O–H groups in total. The lowest BCUT2D eigenvalue weighted by Gasteiger charge is -2.58. The Balaban J connectivity index is 1.59. The summed E-state index contributed by atoms with van der Waals surface area (Å²) in [5.74, 6) is 2.71. The number of rotatable bonds is 1. The highest BCUT2D eigenvalue weighted by atomic mass is 19.1. The van der Waals surface area contributed by atoms with Crippen LogP contribution < -0.4 is 0 Å². The van der Waals surface area contributed by atoms with Crippen LogP contribution in [0.4, 0.5) is 4.39 Å². The molecule has 0 aromatic carbocycles.